The van der Waals surface area contributed by atoms with Gasteiger partial charge in [0.15, 0.2) is 11.5 Å². The molecule has 6 N–H and O–H groups in total. The molecular formula is C22H31ClN8O3. The molecule has 0 aliphatic heterocycles. The number of aromatic amines is 1. The molecule has 34 heavy (non-hydrogen) atoms. The zero-order valence-electron chi connectivity index (χ0n) is 18.8. The number of anilines is 3. The molecule has 2 aromatic heterocycles. The maximum absolute atomic E-state index is 10.9. The number of hydrogen-bond donors (Lipinski definition) is 6. The number of hydroxylamine groups is 1. The van der Waals surface area contributed by atoms with E-state index in [2.05, 4.69) is 30.9 Å². The fraction of sp³-hybridized carbons (Fsp3) is 0.455. The van der Waals surface area contributed by atoms with Gasteiger partial charge in [0.25, 0.3) is 5.91 Å². The van der Waals surface area contributed by atoms with Gasteiger partial charge in [-0.25, -0.2) is 10.5 Å². The number of amides is 1. The number of carbonyl (C=O) groups is 1. The summed E-state index contributed by atoms with van der Waals surface area (Å²) in [5.74, 6) is 1.54. The van der Waals surface area contributed by atoms with Crippen molar-refractivity contribution in [3.05, 3.63) is 30.6 Å². The highest BCUT2D eigenvalue weighted by Crippen LogP contribution is 2.26. The average Bonchev–Trinajstić information content (AvgIpc) is 3.32. The Morgan fingerprint density at radius 1 is 1.15 bits per heavy atom. The van der Waals surface area contributed by atoms with E-state index in [4.69, 9.17) is 14.9 Å². The van der Waals surface area contributed by atoms with Gasteiger partial charge in [-0.3, -0.25) is 10.0 Å². The minimum absolute atomic E-state index is 0. The lowest BCUT2D eigenvalue weighted by molar-refractivity contribution is -0.128. The first-order valence-corrected chi connectivity index (χ1v) is 11.3. The highest BCUT2D eigenvalue weighted by atomic mass is 35.5. The van der Waals surface area contributed by atoms with Gasteiger partial charge in [-0.2, -0.15) is 9.97 Å². The van der Waals surface area contributed by atoms with E-state index in [-0.39, 0.29) is 19.0 Å². The van der Waals surface area contributed by atoms with E-state index in [9.17, 15) is 4.79 Å². The Balaban J connectivity index is 0.00000324. The Bertz CT molecular complexity index is 1040. The molecule has 0 radical (unpaired) electrons. The number of ether oxygens (including phenoxy) is 1. The van der Waals surface area contributed by atoms with E-state index in [0.29, 0.717) is 30.8 Å². The topological polar surface area (TPSA) is 149 Å². The SMILES string of the molecule is Cl.O=C(CNCCCOc1ccc(Nc2nc(NC3CCCCC3)c3[nH]cnc3n2)cc1)NO. The molecule has 0 atom stereocenters. The van der Waals surface area contributed by atoms with Gasteiger partial charge < -0.3 is 25.7 Å². The number of H-pyrrole nitrogens is 1. The van der Waals surface area contributed by atoms with E-state index >= 15 is 0 Å². The maximum atomic E-state index is 10.9. The van der Waals surface area contributed by atoms with E-state index in [1.165, 1.54) is 19.3 Å². The number of halogens is 1. The number of rotatable bonds is 11. The summed E-state index contributed by atoms with van der Waals surface area (Å²) in [6.07, 6.45) is 8.45. The van der Waals surface area contributed by atoms with Crippen molar-refractivity contribution in [3.63, 3.8) is 0 Å². The summed E-state index contributed by atoms with van der Waals surface area (Å²) in [6, 6.07) is 8.00. The van der Waals surface area contributed by atoms with Crippen LogP contribution in [0.15, 0.2) is 30.6 Å². The average molecular weight is 491 g/mol. The van der Waals surface area contributed by atoms with Gasteiger partial charge in [-0.05, 0) is 50.1 Å². The van der Waals surface area contributed by atoms with Crippen LogP contribution in [0.4, 0.5) is 17.5 Å². The number of nitrogens with zero attached hydrogens (tertiary/aromatic N) is 3. The van der Waals surface area contributed by atoms with Crippen LogP contribution in [0, 0.1) is 0 Å². The van der Waals surface area contributed by atoms with Gasteiger partial charge in [-0.1, -0.05) is 19.3 Å². The number of hydrogen-bond acceptors (Lipinski definition) is 9. The van der Waals surface area contributed by atoms with Crippen LogP contribution in [-0.2, 0) is 4.79 Å². The largest absolute Gasteiger partial charge is 0.494 e. The third-order valence-electron chi connectivity index (χ3n) is 5.52. The lowest BCUT2D eigenvalue weighted by atomic mass is 9.95. The number of aromatic nitrogens is 4. The molecule has 184 valence electrons. The number of fused-ring (bicyclic) bond motifs is 1. The third kappa shape index (κ3) is 7.17. The Labute approximate surface area is 203 Å². The van der Waals surface area contributed by atoms with Gasteiger partial charge in [0.2, 0.25) is 5.95 Å². The molecule has 1 aliphatic carbocycles. The van der Waals surface area contributed by atoms with Crippen LogP contribution >= 0.6 is 12.4 Å². The summed E-state index contributed by atoms with van der Waals surface area (Å²) in [7, 11) is 0. The number of benzene rings is 1. The van der Waals surface area contributed by atoms with Gasteiger partial charge in [0.05, 0.1) is 19.5 Å². The zero-order chi connectivity index (χ0) is 22.9. The van der Waals surface area contributed by atoms with E-state index < -0.39 is 5.91 Å². The van der Waals surface area contributed by atoms with Crippen molar-refractivity contribution in [2.45, 2.75) is 44.6 Å². The van der Waals surface area contributed by atoms with Crippen LogP contribution in [-0.4, -0.2) is 56.8 Å². The van der Waals surface area contributed by atoms with Crippen molar-refractivity contribution in [1.29, 1.82) is 0 Å². The molecule has 3 aromatic rings. The first kappa shape index (κ1) is 25.5. The molecule has 1 aliphatic rings. The van der Waals surface area contributed by atoms with E-state index in [1.54, 1.807) is 11.8 Å². The number of nitrogens with one attached hydrogen (secondary N) is 5. The molecule has 0 bridgehead atoms. The quantitative estimate of drug-likeness (QED) is 0.135. The normalized spacial score (nSPS) is 13.8. The molecule has 0 spiro atoms. The monoisotopic (exact) mass is 490 g/mol. The molecule has 1 amide bonds. The highest BCUT2D eigenvalue weighted by Gasteiger charge is 2.17. The molecule has 1 saturated carbocycles. The van der Waals surface area contributed by atoms with Crippen LogP contribution < -0.4 is 26.2 Å². The predicted molar refractivity (Wildman–Crippen MR) is 132 cm³/mol. The summed E-state index contributed by atoms with van der Waals surface area (Å²) < 4.78 is 5.72. The van der Waals surface area contributed by atoms with Crippen molar-refractivity contribution >= 4 is 46.9 Å². The van der Waals surface area contributed by atoms with Gasteiger partial charge in [0, 0.05) is 11.7 Å². The maximum Gasteiger partial charge on any atom is 0.257 e. The molecule has 4 rings (SSSR count). The van der Waals surface area contributed by atoms with Crippen LogP contribution in [0.1, 0.15) is 38.5 Å². The highest BCUT2D eigenvalue weighted by molar-refractivity contribution is 5.85. The first-order valence-electron chi connectivity index (χ1n) is 11.3. The van der Waals surface area contributed by atoms with Crippen molar-refractivity contribution in [2.24, 2.45) is 0 Å². The lowest BCUT2D eigenvalue weighted by Gasteiger charge is -2.23. The molecular weight excluding hydrogens is 460 g/mol. The standard InChI is InChI=1S/C22H30N8O3.ClH/c31-18(30-32)13-23-11-4-12-33-17-9-7-16(8-10-17)27-22-28-20-19(24-14-25-20)21(29-22)26-15-5-2-1-3-6-15;/h7-10,14-15,23,32H,1-6,11-13H2,(H,30,31)(H3,24,25,26,27,28,29);1H. The van der Waals surface area contributed by atoms with Gasteiger partial charge in [-0.15, -0.1) is 12.4 Å². The van der Waals surface area contributed by atoms with Crippen molar-refractivity contribution in [1.82, 2.24) is 30.7 Å². The molecule has 1 aromatic carbocycles. The van der Waals surface area contributed by atoms with E-state index in [1.807, 2.05) is 24.3 Å². The molecule has 12 heteroatoms. The Kier molecular flexibility index (Phi) is 9.68. The van der Waals surface area contributed by atoms with Crippen LogP contribution in [0.3, 0.4) is 0 Å². The summed E-state index contributed by atoms with van der Waals surface area (Å²) in [6.45, 7) is 1.19. The summed E-state index contributed by atoms with van der Waals surface area (Å²) in [4.78, 5) is 27.6. The second-order valence-corrected chi connectivity index (χ2v) is 8.04. The molecule has 0 saturated heterocycles. The van der Waals surface area contributed by atoms with Crippen LogP contribution in [0.25, 0.3) is 11.2 Å². The fourth-order valence-corrected chi connectivity index (χ4v) is 3.83. The van der Waals surface area contributed by atoms with E-state index in [0.717, 1.165) is 42.0 Å². The number of carbonyl (C=O) groups excluding carboxylic acids is 1. The van der Waals surface area contributed by atoms with Crippen molar-refractivity contribution in [3.8, 4) is 5.75 Å². The second-order valence-electron chi connectivity index (χ2n) is 8.04. The molecule has 2 heterocycles. The first-order chi connectivity index (χ1) is 16.2. The zero-order valence-corrected chi connectivity index (χ0v) is 19.7. The van der Waals surface area contributed by atoms with Crippen molar-refractivity contribution in [2.75, 3.05) is 30.3 Å². The Morgan fingerprint density at radius 3 is 2.71 bits per heavy atom. The summed E-state index contributed by atoms with van der Waals surface area (Å²) >= 11 is 0. The predicted octanol–water partition coefficient (Wildman–Crippen LogP) is 3.13. The molecule has 0 unspecified atom stereocenters. The smallest absolute Gasteiger partial charge is 0.257 e. The van der Waals surface area contributed by atoms with Crippen LogP contribution in [0.5, 0.6) is 5.75 Å². The summed E-state index contributed by atoms with van der Waals surface area (Å²) in [5, 5.41) is 18.2. The molecule has 11 nitrogen and oxygen atoms in total. The Morgan fingerprint density at radius 2 is 1.94 bits per heavy atom. The third-order valence-corrected chi connectivity index (χ3v) is 5.52. The van der Waals surface area contributed by atoms with Gasteiger partial charge in [0.1, 0.15) is 11.3 Å². The summed E-state index contributed by atoms with van der Waals surface area (Å²) in [5.41, 5.74) is 3.86. The molecule has 1 fully saturated rings. The lowest BCUT2D eigenvalue weighted by Crippen LogP contribution is -2.32. The minimum atomic E-state index is -0.466. The van der Waals surface area contributed by atoms with Gasteiger partial charge >= 0.3 is 0 Å². The minimum Gasteiger partial charge on any atom is -0.494 e. The van der Waals surface area contributed by atoms with Crippen LogP contribution in [0.2, 0.25) is 0 Å². The fourth-order valence-electron chi connectivity index (χ4n) is 3.83. The van der Waals surface area contributed by atoms with Crippen molar-refractivity contribution < 1.29 is 14.7 Å². The Hall–Kier alpha value is -3.15. The second kappa shape index (κ2) is 12.9. The number of imidazole rings is 1.